The third-order valence-corrected chi connectivity index (χ3v) is 2.74. The molecule has 0 amide bonds. The summed E-state index contributed by atoms with van der Waals surface area (Å²) in [5.41, 5.74) is -1.59. The van der Waals surface area contributed by atoms with Gasteiger partial charge in [0.2, 0.25) is 5.95 Å². The second-order valence-corrected chi connectivity index (χ2v) is 3.95. The van der Waals surface area contributed by atoms with E-state index in [1.165, 1.54) is 0 Å². The number of alkyl halides is 1. The van der Waals surface area contributed by atoms with Crippen LogP contribution in [0, 0.1) is 22.1 Å². The summed E-state index contributed by atoms with van der Waals surface area (Å²) in [6.07, 6.45) is -3.09. The molecule has 0 atom stereocenters. The lowest BCUT2D eigenvalue weighted by Gasteiger charge is -2.23. The number of anilines is 1. The van der Waals surface area contributed by atoms with E-state index in [1.54, 1.807) is 0 Å². The van der Waals surface area contributed by atoms with Gasteiger partial charge in [0, 0.05) is 0 Å². The molecule has 0 saturated carbocycles. The third-order valence-electron chi connectivity index (χ3n) is 2.48. The summed E-state index contributed by atoms with van der Waals surface area (Å²) in [5, 5.41) is 10.6. The lowest BCUT2D eigenvalue weighted by atomic mass is 10.3. The van der Waals surface area contributed by atoms with Crippen molar-refractivity contribution in [3.63, 3.8) is 0 Å². The first-order valence-corrected chi connectivity index (χ1v) is 5.71. The summed E-state index contributed by atoms with van der Waals surface area (Å²) in [6.45, 7) is -0.964. The van der Waals surface area contributed by atoms with Crippen LogP contribution in [0.25, 0.3) is 0 Å². The van der Waals surface area contributed by atoms with Crippen LogP contribution in [0.4, 0.5) is 23.4 Å². The predicted molar refractivity (Wildman–Crippen MR) is 62.5 cm³/mol. The van der Waals surface area contributed by atoms with Crippen molar-refractivity contribution in [2.24, 2.45) is 4.99 Å². The maximum Gasteiger partial charge on any atom is 0.320 e. The summed E-state index contributed by atoms with van der Waals surface area (Å²) in [5.74, 6) is -4.28. The molecule has 0 saturated heterocycles. The number of hydrogen-bond donors (Lipinski definition) is 0. The van der Waals surface area contributed by atoms with Crippen LogP contribution in [0.3, 0.4) is 0 Å². The second-order valence-electron chi connectivity index (χ2n) is 3.68. The minimum absolute atomic E-state index is 0.326. The standard InChI is InChI=1S/C9H4ClF4N5O2/c10-1-3-5(11)15-8(13)17-7(3)18-2-4(19(20)21)6(12)16-9(18)14/h1-2H2. The molecule has 112 valence electrons. The highest BCUT2D eigenvalue weighted by molar-refractivity contribution is 6.17. The first kappa shape index (κ1) is 15.1. The molecule has 7 nitrogen and oxygen atoms in total. The Labute approximate surface area is 118 Å². The number of nitrogens with zero attached hydrogens (tertiary/aromatic N) is 5. The Morgan fingerprint density at radius 2 is 1.95 bits per heavy atom. The van der Waals surface area contributed by atoms with Gasteiger partial charge in [-0.05, 0) is 0 Å². The van der Waals surface area contributed by atoms with Crippen molar-refractivity contribution in [2.75, 3.05) is 11.4 Å². The number of nitro groups is 1. The van der Waals surface area contributed by atoms with Gasteiger partial charge in [-0.2, -0.15) is 32.5 Å². The van der Waals surface area contributed by atoms with Gasteiger partial charge in [0.25, 0.3) is 12.0 Å². The third kappa shape index (κ3) is 2.77. The summed E-state index contributed by atoms with van der Waals surface area (Å²) in [6, 6.07) is 0. The van der Waals surface area contributed by atoms with Crippen molar-refractivity contribution in [3.8, 4) is 0 Å². The van der Waals surface area contributed by atoms with Crippen molar-refractivity contribution in [1.29, 1.82) is 0 Å². The number of amidine groups is 1. The minimum atomic E-state index is -1.64. The minimum Gasteiger partial charge on any atom is -0.275 e. The number of hydrogen-bond acceptors (Lipinski definition) is 6. The fourth-order valence-corrected chi connectivity index (χ4v) is 1.77. The number of rotatable bonds is 3. The lowest BCUT2D eigenvalue weighted by molar-refractivity contribution is -0.428. The van der Waals surface area contributed by atoms with Crippen LogP contribution >= 0.6 is 11.6 Å². The van der Waals surface area contributed by atoms with Gasteiger partial charge in [-0.1, -0.05) is 0 Å². The van der Waals surface area contributed by atoms with Gasteiger partial charge in [0.1, 0.15) is 12.4 Å². The highest BCUT2D eigenvalue weighted by Crippen LogP contribution is 2.27. The highest BCUT2D eigenvalue weighted by atomic mass is 35.5. The largest absolute Gasteiger partial charge is 0.320 e. The molecule has 1 aliphatic heterocycles. The molecule has 1 aromatic rings. The summed E-state index contributed by atoms with van der Waals surface area (Å²) < 4.78 is 53.3. The second kappa shape index (κ2) is 5.60. The van der Waals surface area contributed by atoms with Crippen LogP contribution in [0.1, 0.15) is 5.56 Å². The molecule has 12 heteroatoms. The molecule has 0 radical (unpaired) electrons. The topological polar surface area (TPSA) is 84.5 Å². The van der Waals surface area contributed by atoms with Crippen molar-refractivity contribution in [1.82, 2.24) is 9.97 Å². The molecular formula is C9H4ClF4N5O2. The molecule has 2 heterocycles. The van der Waals surface area contributed by atoms with Crippen molar-refractivity contribution in [2.45, 2.75) is 5.88 Å². The summed E-state index contributed by atoms with van der Waals surface area (Å²) >= 11 is 5.43. The van der Waals surface area contributed by atoms with Crippen LogP contribution in [-0.2, 0) is 5.88 Å². The fourth-order valence-electron chi connectivity index (χ4n) is 1.54. The molecule has 0 fully saturated rings. The predicted octanol–water partition coefficient (Wildman–Crippen LogP) is 2.05. The Bertz CT molecular complexity index is 680. The molecule has 0 aliphatic carbocycles. The normalized spacial score (nSPS) is 15.3. The Balaban J connectivity index is 2.54. The molecule has 2 rings (SSSR count). The fraction of sp³-hybridized carbons (Fsp3) is 0.222. The molecule has 21 heavy (non-hydrogen) atoms. The van der Waals surface area contributed by atoms with E-state index in [0.29, 0.717) is 4.90 Å². The van der Waals surface area contributed by atoms with Crippen LogP contribution in [0.2, 0.25) is 0 Å². The molecule has 1 aliphatic rings. The van der Waals surface area contributed by atoms with E-state index in [-0.39, 0.29) is 0 Å². The van der Waals surface area contributed by atoms with Gasteiger partial charge in [-0.15, -0.1) is 11.6 Å². The molecule has 0 bridgehead atoms. The van der Waals surface area contributed by atoms with Gasteiger partial charge in [-0.25, -0.2) is 0 Å². The van der Waals surface area contributed by atoms with Crippen LogP contribution in [0.15, 0.2) is 16.6 Å². The summed E-state index contributed by atoms with van der Waals surface area (Å²) in [7, 11) is 0. The van der Waals surface area contributed by atoms with Gasteiger partial charge < -0.3 is 0 Å². The maximum atomic E-state index is 13.6. The molecular weight excluding hydrogens is 322 g/mol. The van der Waals surface area contributed by atoms with Gasteiger partial charge >= 0.3 is 11.8 Å². The van der Waals surface area contributed by atoms with Crippen LogP contribution in [-0.4, -0.2) is 27.5 Å². The molecule has 1 aromatic heterocycles. The molecule has 0 unspecified atom stereocenters. The Hall–Kier alpha value is -2.30. The van der Waals surface area contributed by atoms with Crippen molar-refractivity contribution >= 4 is 23.5 Å². The highest BCUT2D eigenvalue weighted by Gasteiger charge is 2.34. The van der Waals surface area contributed by atoms with Gasteiger partial charge in [-0.3, -0.25) is 15.0 Å². The zero-order chi connectivity index (χ0) is 15.7. The van der Waals surface area contributed by atoms with Gasteiger partial charge in [0.15, 0.2) is 0 Å². The van der Waals surface area contributed by atoms with E-state index in [4.69, 9.17) is 11.6 Å². The quantitative estimate of drug-likeness (QED) is 0.161. The van der Waals surface area contributed by atoms with E-state index in [0.717, 1.165) is 0 Å². The number of aromatic nitrogens is 2. The summed E-state index contributed by atoms with van der Waals surface area (Å²) in [4.78, 5) is 18.4. The zero-order valence-corrected chi connectivity index (χ0v) is 10.6. The average molecular weight is 326 g/mol. The zero-order valence-electron chi connectivity index (χ0n) is 9.86. The molecule has 0 spiro atoms. The monoisotopic (exact) mass is 325 g/mol. The van der Waals surface area contributed by atoms with Crippen molar-refractivity contribution in [3.05, 3.63) is 39.4 Å². The number of aliphatic imine (C=N–C) groups is 1. The van der Waals surface area contributed by atoms with E-state index < -0.39 is 58.5 Å². The SMILES string of the molecule is O=[N+]([O-])C1=C(F)N=C(F)N(c2nc(F)nc(F)c2CCl)C1. The number of halogens is 5. The first-order valence-electron chi connectivity index (χ1n) is 5.17. The molecule has 0 N–H and O–H groups in total. The smallest absolute Gasteiger partial charge is 0.275 e. The van der Waals surface area contributed by atoms with Crippen LogP contribution in [0.5, 0.6) is 0 Å². The molecule has 0 aromatic carbocycles. The van der Waals surface area contributed by atoms with Crippen LogP contribution < -0.4 is 4.90 Å². The Morgan fingerprint density at radius 3 is 2.52 bits per heavy atom. The van der Waals surface area contributed by atoms with Crippen molar-refractivity contribution < 1.29 is 22.5 Å². The Kier molecular flexibility index (Phi) is 4.02. The maximum absolute atomic E-state index is 13.6. The van der Waals surface area contributed by atoms with E-state index >= 15 is 0 Å². The first-order chi connectivity index (χ1) is 9.85. The van der Waals surface area contributed by atoms with Gasteiger partial charge in [0.05, 0.1) is 16.4 Å². The lowest BCUT2D eigenvalue weighted by Crippen LogP contribution is -2.36. The van der Waals surface area contributed by atoms with E-state index in [2.05, 4.69) is 15.0 Å². The van der Waals surface area contributed by atoms with E-state index in [1.807, 2.05) is 0 Å². The van der Waals surface area contributed by atoms with E-state index in [9.17, 15) is 27.7 Å². The Morgan fingerprint density at radius 1 is 1.29 bits per heavy atom. The average Bonchev–Trinajstić information content (AvgIpc) is 2.37.